The minimum Gasteiger partial charge on any atom is -0.375 e. The summed E-state index contributed by atoms with van der Waals surface area (Å²) in [4.78, 5) is 20.4. The molecule has 0 saturated heterocycles. The maximum absolute atomic E-state index is 11.0. The molecular formula is C12H16N4O4. The highest BCUT2D eigenvalue weighted by molar-refractivity contribution is 5.65. The van der Waals surface area contributed by atoms with Crippen LogP contribution in [0.2, 0.25) is 0 Å². The first-order chi connectivity index (χ1) is 9.49. The fourth-order valence-corrected chi connectivity index (χ4v) is 2.45. The number of nitrogens with zero attached hydrogens (tertiary/aromatic N) is 2. The lowest BCUT2D eigenvalue weighted by molar-refractivity contribution is -0.393. The van der Waals surface area contributed by atoms with E-state index in [1.54, 1.807) is 0 Å². The molecule has 0 radical (unpaired) electrons. The Morgan fingerprint density at radius 2 is 1.85 bits per heavy atom. The van der Waals surface area contributed by atoms with E-state index in [0.29, 0.717) is 0 Å². The van der Waals surface area contributed by atoms with E-state index in [1.807, 2.05) is 0 Å². The number of benzene rings is 1. The van der Waals surface area contributed by atoms with Crippen molar-refractivity contribution in [2.24, 2.45) is 5.73 Å². The van der Waals surface area contributed by atoms with Gasteiger partial charge in [0.25, 0.3) is 11.4 Å². The summed E-state index contributed by atoms with van der Waals surface area (Å²) in [5.41, 5.74) is 5.68. The van der Waals surface area contributed by atoms with E-state index in [4.69, 9.17) is 5.73 Å². The summed E-state index contributed by atoms with van der Waals surface area (Å²) in [7, 11) is 0. The van der Waals surface area contributed by atoms with E-state index in [0.717, 1.165) is 31.7 Å². The summed E-state index contributed by atoms with van der Waals surface area (Å²) >= 11 is 0. The zero-order valence-electron chi connectivity index (χ0n) is 10.8. The largest absolute Gasteiger partial charge is 0.375 e. The highest BCUT2D eigenvalue weighted by Gasteiger charge is 2.25. The normalized spacial score (nSPS) is 22.2. The topological polar surface area (TPSA) is 124 Å². The van der Waals surface area contributed by atoms with Gasteiger partial charge in [-0.1, -0.05) is 12.8 Å². The fraction of sp³-hybridized carbons (Fsp3) is 0.500. The first-order valence-electron chi connectivity index (χ1n) is 6.44. The number of rotatable bonds is 4. The van der Waals surface area contributed by atoms with Crippen LogP contribution in [-0.2, 0) is 0 Å². The number of nitro groups is 2. The lowest BCUT2D eigenvalue weighted by atomic mass is 9.91. The van der Waals surface area contributed by atoms with Gasteiger partial charge in [0.15, 0.2) is 0 Å². The number of anilines is 1. The Hall–Kier alpha value is -2.22. The summed E-state index contributed by atoms with van der Waals surface area (Å²) in [6.45, 7) is 0. The van der Waals surface area contributed by atoms with Crippen LogP contribution in [-0.4, -0.2) is 21.9 Å². The summed E-state index contributed by atoms with van der Waals surface area (Å²) in [5, 5.41) is 24.8. The number of hydrogen-bond acceptors (Lipinski definition) is 6. The highest BCUT2D eigenvalue weighted by Crippen LogP contribution is 2.31. The van der Waals surface area contributed by atoms with E-state index < -0.39 is 9.85 Å². The number of nitro benzene ring substituents is 2. The molecule has 2 rings (SSSR count). The molecule has 1 fully saturated rings. The Morgan fingerprint density at radius 1 is 1.15 bits per heavy atom. The van der Waals surface area contributed by atoms with Crippen molar-refractivity contribution in [3.63, 3.8) is 0 Å². The van der Waals surface area contributed by atoms with Gasteiger partial charge < -0.3 is 11.1 Å². The fourth-order valence-electron chi connectivity index (χ4n) is 2.45. The number of hydrogen-bond donors (Lipinski definition) is 2. The molecule has 1 aromatic rings. The van der Waals surface area contributed by atoms with Crippen molar-refractivity contribution in [3.05, 3.63) is 38.4 Å². The molecule has 0 heterocycles. The van der Waals surface area contributed by atoms with Gasteiger partial charge in [-0.15, -0.1) is 0 Å². The van der Waals surface area contributed by atoms with Crippen LogP contribution in [0.1, 0.15) is 25.7 Å². The predicted octanol–water partition coefficient (Wildman–Crippen LogP) is 2.18. The van der Waals surface area contributed by atoms with Crippen molar-refractivity contribution >= 4 is 17.1 Å². The molecule has 0 amide bonds. The van der Waals surface area contributed by atoms with Gasteiger partial charge in [-0.3, -0.25) is 20.2 Å². The Bertz CT molecular complexity index is 534. The van der Waals surface area contributed by atoms with E-state index in [2.05, 4.69) is 5.32 Å². The highest BCUT2D eigenvalue weighted by atomic mass is 16.6. The summed E-state index contributed by atoms with van der Waals surface area (Å²) in [6, 6.07) is 3.50. The minimum atomic E-state index is -0.650. The van der Waals surface area contributed by atoms with Crippen molar-refractivity contribution in [1.29, 1.82) is 0 Å². The number of nitrogens with one attached hydrogen (secondary N) is 1. The second-order valence-corrected chi connectivity index (χ2v) is 4.91. The molecular weight excluding hydrogens is 264 g/mol. The molecule has 3 N–H and O–H groups in total. The van der Waals surface area contributed by atoms with Gasteiger partial charge in [-0.05, 0) is 18.9 Å². The van der Waals surface area contributed by atoms with Crippen LogP contribution in [0, 0.1) is 20.2 Å². The zero-order chi connectivity index (χ0) is 14.7. The SMILES string of the molecule is N[C@H]1CCCC[C@@H]1Nc1ccc([N+](=O)[O-])cc1[N+](=O)[O-]. The van der Waals surface area contributed by atoms with Crippen LogP contribution in [0.3, 0.4) is 0 Å². The van der Waals surface area contributed by atoms with E-state index >= 15 is 0 Å². The Kier molecular flexibility index (Phi) is 4.14. The van der Waals surface area contributed by atoms with Crippen LogP contribution in [0.4, 0.5) is 17.1 Å². The zero-order valence-corrected chi connectivity index (χ0v) is 10.8. The summed E-state index contributed by atoms with van der Waals surface area (Å²) in [5.74, 6) is 0. The van der Waals surface area contributed by atoms with Crippen LogP contribution in [0.15, 0.2) is 18.2 Å². The third kappa shape index (κ3) is 3.02. The second kappa shape index (κ2) is 5.83. The Balaban J connectivity index is 2.26. The number of nitrogens with two attached hydrogens (primary N) is 1. The van der Waals surface area contributed by atoms with Crippen molar-refractivity contribution in [2.75, 3.05) is 5.32 Å². The molecule has 0 aliphatic heterocycles. The van der Waals surface area contributed by atoms with E-state index in [9.17, 15) is 20.2 Å². The quantitative estimate of drug-likeness (QED) is 0.643. The second-order valence-electron chi connectivity index (χ2n) is 4.91. The van der Waals surface area contributed by atoms with E-state index in [-0.39, 0.29) is 29.1 Å². The molecule has 0 unspecified atom stereocenters. The lowest BCUT2D eigenvalue weighted by Gasteiger charge is -2.29. The standard InChI is InChI=1S/C12H16N4O4/c13-9-3-1-2-4-10(9)14-11-6-5-8(15(17)18)7-12(11)16(19)20/h5-7,9-10,14H,1-4,13H2/t9-,10-/m0/s1. The van der Waals surface area contributed by atoms with Gasteiger partial charge in [0.2, 0.25) is 0 Å². The van der Waals surface area contributed by atoms with E-state index in [1.165, 1.54) is 12.1 Å². The number of non-ortho nitro benzene ring substituents is 1. The molecule has 108 valence electrons. The van der Waals surface area contributed by atoms with Crippen molar-refractivity contribution < 1.29 is 9.85 Å². The average molecular weight is 280 g/mol. The maximum Gasteiger partial charge on any atom is 0.299 e. The van der Waals surface area contributed by atoms with Gasteiger partial charge in [0.1, 0.15) is 5.69 Å². The average Bonchev–Trinajstić information content (AvgIpc) is 2.41. The van der Waals surface area contributed by atoms with Gasteiger partial charge in [0, 0.05) is 18.2 Å². The predicted molar refractivity (Wildman–Crippen MR) is 73.6 cm³/mol. The van der Waals surface area contributed by atoms with Gasteiger partial charge in [-0.2, -0.15) is 0 Å². The first-order valence-corrected chi connectivity index (χ1v) is 6.44. The van der Waals surface area contributed by atoms with Gasteiger partial charge in [0.05, 0.1) is 15.9 Å². The van der Waals surface area contributed by atoms with Crippen molar-refractivity contribution in [3.8, 4) is 0 Å². The lowest BCUT2D eigenvalue weighted by Crippen LogP contribution is -2.42. The molecule has 0 aromatic heterocycles. The Labute approximate surface area is 115 Å². The molecule has 8 nitrogen and oxygen atoms in total. The van der Waals surface area contributed by atoms with Gasteiger partial charge >= 0.3 is 0 Å². The molecule has 0 spiro atoms. The molecule has 1 aliphatic rings. The Morgan fingerprint density at radius 3 is 2.45 bits per heavy atom. The monoisotopic (exact) mass is 280 g/mol. The minimum absolute atomic E-state index is 0.0380. The van der Waals surface area contributed by atoms with Crippen molar-refractivity contribution in [2.45, 2.75) is 37.8 Å². The molecule has 2 atom stereocenters. The molecule has 8 heteroatoms. The van der Waals surface area contributed by atoms with Crippen LogP contribution in [0.5, 0.6) is 0 Å². The van der Waals surface area contributed by atoms with Crippen LogP contribution in [0.25, 0.3) is 0 Å². The molecule has 1 aromatic carbocycles. The summed E-state index contributed by atoms with van der Waals surface area (Å²) in [6.07, 6.45) is 3.79. The van der Waals surface area contributed by atoms with Crippen molar-refractivity contribution in [1.82, 2.24) is 0 Å². The molecule has 1 saturated carbocycles. The molecule has 1 aliphatic carbocycles. The molecule has 20 heavy (non-hydrogen) atoms. The third-order valence-electron chi connectivity index (χ3n) is 3.55. The van der Waals surface area contributed by atoms with Gasteiger partial charge in [-0.25, -0.2) is 0 Å². The summed E-state index contributed by atoms with van der Waals surface area (Å²) < 4.78 is 0. The van der Waals surface area contributed by atoms with Crippen LogP contribution < -0.4 is 11.1 Å². The van der Waals surface area contributed by atoms with Crippen LogP contribution >= 0.6 is 0 Å². The smallest absolute Gasteiger partial charge is 0.299 e. The molecule has 0 bridgehead atoms. The first kappa shape index (κ1) is 14.2. The third-order valence-corrected chi connectivity index (χ3v) is 3.55. The maximum atomic E-state index is 11.0.